The van der Waals surface area contributed by atoms with Crippen molar-refractivity contribution in [3.8, 4) is 16.9 Å². The van der Waals surface area contributed by atoms with Crippen LogP contribution in [0.25, 0.3) is 11.1 Å². The fraction of sp³-hybridized carbons (Fsp3) is 0.208. The minimum absolute atomic E-state index is 0.121. The van der Waals surface area contributed by atoms with E-state index in [1.807, 2.05) is 42.5 Å². The molecular formula is C24H23NO5. The van der Waals surface area contributed by atoms with Gasteiger partial charge in [0.2, 0.25) is 5.78 Å². The number of H-pyrrole nitrogens is 1. The van der Waals surface area contributed by atoms with Crippen LogP contribution < -0.4 is 4.74 Å². The first kappa shape index (κ1) is 21.0. The number of rotatable bonds is 8. The largest absolute Gasteiger partial charge is 0.482 e. The highest BCUT2D eigenvalue weighted by atomic mass is 16.6. The Morgan fingerprint density at radius 2 is 1.50 bits per heavy atom. The molecule has 0 radical (unpaired) electrons. The van der Waals surface area contributed by atoms with Crippen LogP contribution in [-0.2, 0) is 9.53 Å². The third kappa shape index (κ3) is 4.84. The number of hydrogen-bond acceptors (Lipinski definition) is 5. The van der Waals surface area contributed by atoms with Crippen LogP contribution in [0.2, 0.25) is 0 Å². The van der Waals surface area contributed by atoms with Gasteiger partial charge in [0.1, 0.15) is 5.75 Å². The zero-order chi connectivity index (χ0) is 21.7. The van der Waals surface area contributed by atoms with Gasteiger partial charge >= 0.3 is 5.97 Å². The van der Waals surface area contributed by atoms with E-state index in [0.29, 0.717) is 22.6 Å². The van der Waals surface area contributed by atoms with Crippen molar-refractivity contribution in [2.45, 2.75) is 20.8 Å². The number of hydrogen-bond donors (Lipinski definition) is 1. The molecule has 3 aromatic rings. The molecule has 0 saturated carbocycles. The van der Waals surface area contributed by atoms with Gasteiger partial charge in [-0.1, -0.05) is 42.5 Å². The maximum absolute atomic E-state index is 12.3. The Morgan fingerprint density at radius 3 is 2.10 bits per heavy atom. The minimum Gasteiger partial charge on any atom is -0.482 e. The summed E-state index contributed by atoms with van der Waals surface area (Å²) < 4.78 is 10.5. The van der Waals surface area contributed by atoms with Crippen molar-refractivity contribution in [2.24, 2.45) is 0 Å². The molecule has 0 aliphatic rings. The highest BCUT2D eigenvalue weighted by Crippen LogP contribution is 2.22. The van der Waals surface area contributed by atoms with Crippen molar-refractivity contribution in [3.63, 3.8) is 0 Å². The lowest BCUT2D eigenvalue weighted by atomic mass is 10.1. The highest BCUT2D eigenvalue weighted by Gasteiger charge is 2.20. The van der Waals surface area contributed by atoms with Gasteiger partial charge in [-0.25, -0.2) is 4.79 Å². The molecule has 6 nitrogen and oxygen atoms in total. The maximum atomic E-state index is 12.3. The molecule has 30 heavy (non-hydrogen) atoms. The molecule has 0 unspecified atom stereocenters. The number of aromatic nitrogens is 1. The van der Waals surface area contributed by atoms with Crippen LogP contribution in [-0.4, -0.2) is 35.7 Å². The van der Waals surface area contributed by atoms with Crippen LogP contribution in [0.1, 0.15) is 39.0 Å². The van der Waals surface area contributed by atoms with Gasteiger partial charge in [-0.2, -0.15) is 0 Å². The van der Waals surface area contributed by atoms with Crippen LogP contribution in [0.3, 0.4) is 0 Å². The number of Topliss-reactive ketones (excluding diaryl/α,β-unsaturated/α-hetero) is 2. The summed E-state index contributed by atoms with van der Waals surface area (Å²) in [6.45, 7) is 4.13. The first-order valence-corrected chi connectivity index (χ1v) is 9.54. The lowest BCUT2D eigenvalue weighted by Crippen LogP contribution is -2.20. The molecule has 0 aliphatic carbocycles. The number of ether oxygens (including phenoxy) is 2. The Kier molecular flexibility index (Phi) is 6.47. The number of aromatic amines is 1. The fourth-order valence-corrected chi connectivity index (χ4v) is 3.33. The molecule has 0 spiro atoms. The number of carbonyl (C=O) groups excluding carboxylic acids is 3. The van der Waals surface area contributed by atoms with Gasteiger partial charge in [0.15, 0.2) is 19.0 Å². The number of carbonyl (C=O) groups is 3. The normalized spacial score (nSPS) is 10.5. The lowest BCUT2D eigenvalue weighted by molar-refractivity contribution is -0.144. The molecule has 1 aromatic heterocycles. The second kappa shape index (κ2) is 9.22. The third-order valence-corrected chi connectivity index (χ3v) is 4.75. The minimum atomic E-state index is -0.650. The molecule has 0 amide bonds. The van der Waals surface area contributed by atoms with E-state index >= 15 is 0 Å². The lowest BCUT2D eigenvalue weighted by Gasteiger charge is -2.08. The summed E-state index contributed by atoms with van der Waals surface area (Å²) in [6.07, 6.45) is 0. The summed E-state index contributed by atoms with van der Waals surface area (Å²) in [4.78, 5) is 38.9. The van der Waals surface area contributed by atoms with Gasteiger partial charge in [-0.05, 0) is 49.6 Å². The topological polar surface area (TPSA) is 85.5 Å². The quantitative estimate of drug-likeness (QED) is 0.446. The standard InChI is InChI=1S/C24H23NO5/c1-15-23(17(3)26)16(2)25-24(15)21(27)13-30-22(28)14-29-20-11-9-19(10-12-20)18-7-5-4-6-8-18/h4-12,25H,13-14H2,1-3H3. The van der Waals surface area contributed by atoms with Crippen molar-refractivity contribution >= 4 is 17.5 Å². The number of nitrogens with one attached hydrogen (secondary N) is 1. The van der Waals surface area contributed by atoms with E-state index in [1.165, 1.54) is 6.92 Å². The maximum Gasteiger partial charge on any atom is 0.344 e. The molecule has 0 atom stereocenters. The zero-order valence-corrected chi connectivity index (χ0v) is 17.2. The number of benzene rings is 2. The molecule has 2 aromatic carbocycles. The van der Waals surface area contributed by atoms with Crippen LogP contribution in [0, 0.1) is 13.8 Å². The second-order valence-electron chi connectivity index (χ2n) is 6.94. The summed E-state index contributed by atoms with van der Waals surface area (Å²) in [6, 6.07) is 17.3. The average Bonchev–Trinajstić information content (AvgIpc) is 3.05. The third-order valence-electron chi connectivity index (χ3n) is 4.75. The zero-order valence-electron chi connectivity index (χ0n) is 17.2. The van der Waals surface area contributed by atoms with Crippen molar-refractivity contribution in [3.05, 3.63) is 77.1 Å². The molecule has 1 N–H and O–H groups in total. The van der Waals surface area contributed by atoms with Gasteiger partial charge in [0.25, 0.3) is 0 Å². The summed E-state index contributed by atoms with van der Waals surface area (Å²) in [5.41, 5.74) is 4.09. The van der Waals surface area contributed by atoms with Crippen LogP contribution in [0.4, 0.5) is 0 Å². The van der Waals surface area contributed by atoms with Crippen LogP contribution in [0.5, 0.6) is 5.75 Å². The van der Waals surface area contributed by atoms with E-state index in [9.17, 15) is 14.4 Å². The molecule has 6 heteroatoms. The van der Waals surface area contributed by atoms with Crippen molar-refractivity contribution in [1.82, 2.24) is 4.98 Å². The van der Waals surface area contributed by atoms with E-state index in [-0.39, 0.29) is 18.1 Å². The van der Waals surface area contributed by atoms with Gasteiger partial charge in [0.05, 0.1) is 5.69 Å². The van der Waals surface area contributed by atoms with Gasteiger partial charge in [-0.15, -0.1) is 0 Å². The first-order valence-electron chi connectivity index (χ1n) is 9.54. The molecule has 0 fully saturated rings. The Bertz CT molecular complexity index is 1060. The number of ketones is 2. The average molecular weight is 405 g/mol. The van der Waals surface area contributed by atoms with E-state index in [0.717, 1.165) is 11.1 Å². The first-order chi connectivity index (χ1) is 14.4. The molecule has 0 bridgehead atoms. The van der Waals surface area contributed by atoms with E-state index in [2.05, 4.69) is 4.98 Å². The second-order valence-corrected chi connectivity index (χ2v) is 6.94. The fourth-order valence-electron chi connectivity index (χ4n) is 3.33. The summed E-state index contributed by atoms with van der Waals surface area (Å²) in [5, 5.41) is 0. The molecule has 0 aliphatic heterocycles. The van der Waals surface area contributed by atoms with Crippen molar-refractivity contribution in [1.29, 1.82) is 0 Å². The van der Waals surface area contributed by atoms with Crippen LogP contribution >= 0.6 is 0 Å². The smallest absolute Gasteiger partial charge is 0.344 e. The highest BCUT2D eigenvalue weighted by molar-refractivity contribution is 6.04. The Balaban J connectivity index is 1.51. The van der Waals surface area contributed by atoms with Gasteiger partial charge < -0.3 is 14.5 Å². The SMILES string of the molecule is CC(=O)c1c(C)[nH]c(C(=O)COC(=O)COc2ccc(-c3ccccc3)cc2)c1C. The molecular weight excluding hydrogens is 382 g/mol. The monoisotopic (exact) mass is 405 g/mol. The van der Waals surface area contributed by atoms with Gasteiger partial charge in [-0.3, -0.25) is 9.59 Å². The number of esters is 1. The van der Waals surface area contributed by atoms with Crippen molar-refractivity contribution in [2.75, 3.05) is 13.2 Å². The molecule has 3 rings (SSSR count). The molecule has 154 valence electrons. The van der Waals surface area contributed by atoms with E-state index in [4.69, 9.17) is 9.47 Å². The predicted octanol–water partition coefficient (Wildman–Crippen LogP) is 4.31. The predicted molar refractivity (Wildman–Crippen MR) is 113 cm³/mol. The Hall–Kier alpha value is -3.67. The Labute approximate surface area is 174 Å². The number of aryl methyl sites for hydroxylation is 1. The Morgan fingerprint density at radius 1 is 0.867 bits per heavy atom. The van der Waals surface area contributed by atoms with Gasteiger partial charge in [0, 0.05) is 11.3 Å². The van der Waals surface area contributed by atoms with E-state index < -0.39 is 18.4 Å². The summed E-state index contributed by atoms with van der Waals surface area (Å²) in [7, 11) is 0. The van der Waals surface area contributed by atoms with Crippen LogP contribution in [0.15, 0.2) is 54.6 Å². The molecule has 1 heterocycles. The summed E-state index contributed by atoms with van der Waals surface area (Å²) >= 11 is 0. The van der Waals surface area contributed by atoms with Crippen molar-refractivity contribution < 1.29 is 23.9 Å². The van der Waals surface area contributed by atoms with E-state index in [1.54, 1.807) is 26.0 Å². The molecule has 0 saturated heterocycles. The summed E-state index contributed by atoms with van der Waals surface area (Å²) in [5.74, 6) is -0.643.